The third-order valence-electron chi connectivity index (χ3n) is 3.55. The molecule has 0 amide bonds. The maximum atomic E-state index is 4.60. The van der Waals surface area contributed by atoms with E-state index >= 15 is 0 Å². The predicted octanol–water partition coefficient (Wildman–Crippen LogP) is 3.76. The summed E-state index contributed by atoms with van der Waals surface area (Å²) in [7, 11) is 0. The lowest BCUT2D eigenvalue weighted by atomic mass is 10.1. The summed E-state index contributed by atoms with van der Waals surface area (Å²) >= 11 is 0. The van der Waals surface area contributed by atoms with E-state index in [4.69, 9.17) is 0 Å². The van der Waals surface area contributed by atoms with Gasteiger partial charge in [0, 0.05) is 18.8 Å². The standard InChI is InChI=1S/C14H25N3/c1-4-8-15-14-16-11(3)10-17(14)13(5-2)9-12-6-7-12/h10,12-13H,4-9H2,1-3H3,(H,15,16). The first-order valence-electron chi connectivity index (χ1n) is 7.03. The summed E-state index contributed by atoms with van der Waals surface area (Å²) in [4.78, 5) is 4.60. The van der Waals surface area contributed by atoms with Gasteiger partial charge in [-0.1, -0.05) is 26.7 Å². The summed E-state index contributed by atoms with van der Waals surface area (Å²) in [6.45, 7) is 7.56. The summed E-state index contributed by atoms with van der Waals surface area (Å²) in [5, 5.41) is 3.44. The van der Waals surface area contributed by atoms with Crippen molar-refractivity contribution in [1.29, 1.82) is 0 Å². The Kier molecular flexibility index (Phi) is 4.08. The highest BCUT2D eigenvalue weighted by atomic mass is 15.2. The van der Waals surface area contributed by atoms with Crippen LogP contribution in [0.2, 0.25) is 0 Å². The summed E-state index contributed by atoms with van der Waals surface area (Å²) < 4.78 is 2.36. The Morgan fingerprint density at radius 1 is 1.47 bits per heavy atom. The van der Waals surface area contributed by atoms with Crippen molar-refractivity contribution >= 4 is 5.95 Å². The second-order valence-corrected chi connectivity index (χ2v) is 5.28. The molecule has 1 saturated carbocycles. The number of anilines is 1. The van der Waals surface area contributed by atoms with Crippen molar-refractivity contribution in [2.45, 2.75) is 58.9 Å². The Balaban J connectivity index is 2.09. The van der Waals surface area contributed by atoms with Crippen molar-refractivity contribution in [3.63, 3.8) is 0 Å². The fourth-order valence-electron chi connectivity index (χ4n) is 2.38. The monoisotopic (exact) mass is 235 g/mol. The van der Waals surface area contributed by atoms with E-state index in [2.05, 4.69) is 41.8 Å². The Bertz CT molecular complexity index is 352. The first kappa shape index (κ1) is 12.5. The lowest BCUT2D eigenvalue weighted by Crippen LogP contribution is -2.13. The van der Waals surface area contributed by atoms with Crippen LogP contribution >= 0.6 is 0 Å². The zero-order valence-corrected chi connectivity index (χ0v) is 11.4. The zero-order chi connectivity index (χ0) is 12.3. The van der Waals surface area contributed by atoms with Gasteiger partial charge in [-0.05, 0) is 32.1 Å². The summed E-state index contributed by atoms with van der Waals surface area (Å²) in [5.74, 6) is 2.04. The van der Waals surface area contributed by atoms with Gasteiger partial charge >= 0.3 is 0 Å². The van der Waals surface area contributed by atoms with Crippen molar-refractivity contribution in [2.75, 3.05) is 11.9 Å². The molecule has 0 aromatic carbocycles. The smallest absolute Gasteiger partial charge is 0.203 e. The molecule has 1 aliphatic rings. The van der Waals surface area contributed by atoms with Gasteiger partial charge in [0.15, 0.2) is 0 Å². The molecule has 1 N–H and O–H groups in total. The number of hydrogen-bond acceptors (Lipinski definition) is 2. The second-order valence-electron chi connectivity index (χ2n) is 5.28. The molecule has 96 valence electrons. The van der Waals surface area contributed by atoms with Gasteiger partial charge in [-0.15, -0.1) is 0 Å². The molecule has 1 aliphatic carbocycles. The van der Waals surface area contributed by atoms with Crippen LogP contribution in [0.25, 0.3) is 0 Å². The normalized spacial score (nSPS) is 17.1. The van der Waals surface area contributed by atoms with Crippen molar-refractivity contribution < 1.29 is 0 Å². The number of imidazole rings is 1. The van der Waals surface area contributed by atoms with E-state index in [1.54, 1.807) is 0 Å². The van der Waals surface area contributed by atoms with Gasteiger partial charge in [-0.3, -0.25) is 0 Å². The first-order valence-corrected chi connectivity index (χ1v) is 7.03. The van der Waals surface area contributed by atoms with Gasteiger partial charge in [0.1, 0.15) is 0 Å². The third-order valence-corrected chi connectivity index (χ3v) is 3.55. The van der Waals surface area contributed by atoms with Crippen molar-refractivity contribution in [1.82, 2.24) is 9.55 Å². The topological polar surface area (TPSA) is 29.9 Å². The quantitative estimate of drug-likeness (QED) is 0.779. The van der Waals surface area contributed by atoms with Crippen LogP contribution in [0.15, 0.2) is 6.20 Å². The molecule has 0 aliphatic heterocycles. The van der Waals surface area contributed by atoms with Crippen molar-refractivity contribution in [2.24, 2.45) is 5.92 Å². The molecule has 1 fully saturated rings. The number of aromatic nitrogens is 2. The highest BCUT2D eigenvalue weighted by Crippen LogP contribution is 2.38. The molecule has 0 bridgehead atoms. The summed E-state index contributed by atoms with van der Waals surface area (Å²) in [5.41, 5.74) is 1.12. The van der Waals surface area contributed by atoms with Crippen molar-refractivity contribution in [3.05, 3.63) is 11.9 Å². The van der Waals surface area contributed by atoms with Gasteiger partial charge in [0.05, 0.1) is 5.69 Å². The maximum absolute atomic E-state index is 4.60. The van der Waals surface area contributed by atoms with E-state index in [-0.39, 0.29) is 0 Å². The molecule has 0 spiro atoms. The van der Waals surface area contributed by atoms with Crippen LogP contribution in [0.3, 0.4) is 0 Å². The molecule has 0 radical (unpaired) electrons. The van der Waals surface area contributed by atoms with Gasteiger partial charge in [-0.25, -0.2) is 4.98 Å². The Hall–Kier alpha value is -0.990. The maximum Gasteiger partial charge on any atom is 0.203 e. The van der Waals surface area contributed by atoms with E-state index in [9.17, 15) is 0 Å². The van der Waals surface area contributed by atoms with E-state index in [0.717, 1.165) is 30.5 Å². The van der Waals surface area contributed by atoms with Gasteiger partial charge < -0.3 is 9.88 Å². The molecular weight excluding hydrogens is 210 g/mol. The Morgan fingerprint density at radius 2 is 2.24 bits per heavy atom. The average molecular weight is 235 g/mol. The number of rotatable bonds is 7. The van der Waals surface area contributed by atoms with Crippen LogP contribution in [0, 0.1) is 12.8 Å². The van der Waals surface area contributed by atoms with Crippen LogP contribution in [0.5, 0.6) is 0 Å². The number of aryl methyl sites for hydroxylation is 1. The Labute approximate surface area is 105 Å². The predicted molar refractivity (Wildman–Crippen MR) is 72.4 cm³/mol. The zero-order valence-electron chi connectivity index (χ0n) is 11.4. The number of hydrogen-bond donors (Lipinski definition) is 1. The second kappa shape index (κ2) is 5.56. The fourth-order valence-corrected chi connectivity index (χ4v) is 2.38. The molecule has 17 heavy (non-hydrogen) atoms. The van der Waals surface area contributed by atoms with E-state index in [1.807, 2.05) is 0 Å². The van der Waals surface area contributed by atoms with Crippen LogP contribution < -0.4 is 5.32 Å². The molecule has 1 aromatic heterocycles. The Morgan fingerprint density at radius 3 is 2.82 bits per heavy atom. The van der Waals surface area contributed by atoms with E-state index in [0.29, 0.717) is 6.04 Å². The fraction of sp³-hybridized carbons (Fsp3) is 0.786. The molecule has 3 heteroatoms. The average Bonchev–Trinajstić information content (AvgIpc) is 3.06. The minimum Gasteiger partial charge on any atom is -0.356 e. The molecule has 1 heterocycles. The van der Waals surface area contributed by atoms with Crippen molar-refractivity contribution in [3.8, 4) is 0 Å². The lowest BCUT2D eigenvalue weighted by molar-refractivity contribution is 0.431. The molecule has 0 saturated heterocycles. The van der Waals surface area contributed by atoms with Crippen LogP contribution in [-0.2, 0) is 0 Å². The van der Waals surface area contributed by atoms with Crippen LogP contribution in [0.4, 0.5) is 5.95 Å². The SMILES string of the molecule is CCCNc1nc(C)cn1C(CC)CC1CC1. The largest absolute Gasteiger partial charge is 0.356 e. The lowest BCUT2D eigenvalue weighted by Gasteiger charge is -2.19. The van der Waals surface area contributed by atoms with E-state index in [1.165, 1.54) is 25.7 Å². The molecular formula is C14H25N3. The van der Waals surface area contributed by atoms with Gasteiger partial charge in [-0.2, -0.15) is 0 Å². The minimum absolute atomic E-state index is 0.628. The third kappa shape index (κ3) is 3.24. The highest BCUT2D eigenvalue weighted by molar-refractivity contribution is 5.29. The van der Waals surface area contributed by atoms with E-state index < -0.39 is 0 Å². The summed E-state index contributed by atoms with van der Waals surface area (Å²) in [6, 6.07) is 0.628. The van der Waals surface area contributed by atoms with Gasteiger partial charge in [0.25, 0.3) is 0 Å². The summed E-state index contributed by atoms with van der Waals surface area (Å²) in [6.07, 6.45) is 8.74. The molecule has 1 aromatic rings. The minimum atomic E-state index is 0.628. The molecule has 2 rings (SSSR count). The molecule has 3 nitrogen and oxygen atoms in total. The number of nitrogens with one attached hydrogen (secondary N) is 1. The molecule has 1 atom stereocenters. The van der Waals surface area contributed by atoms with Crippen LogP contribution in [-0.4, -0.2) is 16.1 Å². The molecule has 1 unspecified atom stereocenters. The first-order chi connectivity index (χ1) is 8.24. The highest BCUT2D eigenvalue weighted by Gasteiger charge is 2.26. The van der Waals surface area contributed by atoms with Gasteiger partial charge in [0.2, 0.25) is 5.95 Å². The van der Waals surface area contributed by atoms with Crippen LogP contribution in [0.1, 0.15) is 57.7 Å². The number of nitrogens with zero attached hydrogens (tertiary/aromatic N) is 2.